The van der Waals surface area contributed by atoms with Crippen molar-refractivity contribution in [3.63, 3.8) is 0 Å². The molecule has 4 rings (SSSR count). The minimum atomic E-state index is -0.514. The Hall–Kier alpha value is -2.87. The second-order valence-corrected chi connectivity index (χ2v) is 8.47. The molecule has 2 heterocycles. The maximum absolute atomic E-state index is 13.3. The summed E-state index contributed by atoms with van der Waals surface area (Å²) in [6.07, 6.45) is 2.70. The highest BCUT2D eigenvalue weighted by Crippen LogP contribution is 2.37. The number of likely N-dealkylation sites (tertiary alicyclic amines) is 1. The quantitative estimate of drug-likeness (QED) is 0.470. The van der Waals surface area contributed by atoms with Crippen LogP contribution in [0.3, 0.4) is 0 Å². The first kappa shape index (κ1) is 21.4. The average molecular weight is 442 g/mol. The first-order valence-electron chi connectivity index (χ1n) is 10.4. The first-order valence-corrected chi connectivity index (χ1v) is 11.2. The largest absolute Gasteiger partial charge is 0.481 e. The molecule has 162 valence electrons. The molecule has 1 saturated heterocycles. The van der Waals surface area contributed by atoms with Crippen molar-refractivity contribution in [3.8, 4) is 5.75 Å². The van der Waals surface area contributed by atoms with Crippen LogP contribution >= 0.6 is 11.8 Å². The third kappa shape index (κ3) is 5.44. The number of carbonyl (C=O) groups excluding carboxylic acids is 1. The molecule has 0 aliphatic carbocycles. The molecule has 6 nitrogen and oxygen atoms in total. The monoisotopic (exact) mass is 441 g/mol. The molecule has 1 aliphatic rings. The summed E-state index contributed by atoms with van der Waals surface area (Å²) in [6.45, 7) is 3.33. The molecule has 2 atom stereocenters. The van der Waals surface area contributed by atoms with Crippen molar-refractivity contribution in [2.24, 2.45) is 0 Å². The second kappa shape index (κ2) is 9.96. The molecular formula is C23H24FN3O3S. The Balaban J connectivity index is 1.48. The van der Waals surface area contributed by atoms with Gasteiger partial charge in [0.05, 0.1) is 0 Å². The lowest BCUT2D eigenvalue weighted by atomic mass is 10.1. The van der Waals surface area contributed by atoms with Crippen LogP contribution in [0.25, 0.3) is 0 Å². The van der Waals surface area contributed by atoms with Gasteiger partial charge in [-0.1, -0.05) is 30.3 Å². The summed E-state index contributed by atoms with van der Waals surface area (Å²) in [6, 6.07) is 15.4. The molecule has 31 heavy (non-hydrogen) atoms. The number of benzene rings is 2. The number of piperidine rings is 1. The maximum Gasteiger partial charge on any atom is 0.277 e. The number of halogens is 1. The summed E-state index contributed by atoms with van der Waals surface area (Å²) in [4.78, 5) is 15.2. The Morgan fingerprint density at radius 2 is 1.77 bits per heavy atom. The number of nitrogens with zero attached hydrogens (tertiary/aromatic N) is 3. The summed E-state index contributed by atoms with van der Waals surface area (Å²) in [7, 11) is 0. The van der Waals surface area contributed by atoms with Crippen LogP contribution in [-0.4, -0.2) is 34.1 Å². The minimum absolute atomic E-state index is 0.0614. The number of hydrogen-bond donors (Lipinski definition) is 0. The second-order valence-electron chi connectivity index (χ2n) is 7.41. The van der Waals surface area contributed by atoms with E-state index in [-0.39, 0.29) is 11.7 Å². The van der Waals surface area contributed by atoms with Crippen LogP contribution in [0.5, 0.6) is 5.75 Å². The van der Waals surface area contributed by atoms with E-state index in [2.05, 4.69) is 10.2 Å². The van der Waals surface area contributed by atoms with Crippen molar-refractivity contribution < 1.29 is 18.3 Å². The lowest BCUT2D eigenvalue weighted by Crippen LogP contribution is -2.38. The van der Waals surface area contributed by atoms with E-state index in [1.807, 2.05) is 35.2 Å². The van der Waals surface area contributed by atoms with Crippen LogP contribution in [-0.2, 0) is 4.79 Å². The highest BCUT2D eigenvalue weighted by Gasteiger charge is 2.30. The Kier molecular flexibility index (Phi) is 6.86. The standard InChI is InChI=1S/C23H24FN3O3S/c1-16(29-19-12-10-18(24)11-13-19)21-25-26-23(30-21)31-20(17-8-4-2-5-9-17)22(28)27-14-6-3-7-15-27/h2,4-5,8-13,16,20H,3,6-7,14-15H2,1H3. The van der Waals surface area contributed by atoms with Crippen LogP contribution in [0.15, 0.2) is 64.2 Å². The van der Waals surface area contributed by atoms with Gasteiger partial charge in [0.25, 0.3) is 11.1 Å². The van der Waals surface area contributed by atoms with Crippen LogP contribution in [0.1, 0.15) is 49.0 Å². The lowest BCUT2D eigenvalue weighted by Gasteiger charge is -2.29. The molecule has 8 heteroatoms. The minimum Gasteiger partial charge on any atom is -0.481 e. The van der Waals surface area contributed by atoms with E-state index >= 15 is 0 Å². The summed E-state index contributed by atoms with van der Waals surface area (Å²) in [5.41, 5.74) is 0.901. The summed E-state index contributed by atoms with van der Waals surface area (Å²) in [5, 5.41) is 8.06. The van der Waals surface area contributed by atoms with E-state index in [9.17, 15) is 9.18 Å². The number of aromatic nitrogens is 2. The zero-order valence-corrected chi connectivity index (χ0v) is 18.1. The van der Waals surface area contributed by atoms with Gasteiger partial charge in [-0.25, -0.2) is 4.39 Å². The molecule has 0 saturated carbocycles. The molecule has 1 aliphatic heterocycles. The molecule has 0 N–H and O–H groups in total. The van der Waals surface area contributed by atoms with E-state index in [1.165, 1.54) is 23.9 Å². The number of rotatable bonds is 7. The van der Waals surface area contributed by atoms with E-state index in [0.29, 0.717) is 16.9 Å². The van der Waals surface area contributed by atoms with Crippen molar-refractivity contribution in [2.75, 3.05) is 13.1 Å². The van der Waals surface area contributed by atoms with Gasteiger partial charge in [-0.05, 0) is 67.8 Å². The van der Waals surface area contributed by atoms with Crippen LogP contribution in [0, 0.1) is 5.82 Å². The summed E-state index contributed by atoms with van der Waals surface area (Å²) in [5.74, 6) is 0.529. The average Bonchev–Trinajstić information content (AvgIpc) is 3.29. The molecule has 3 aromatic rings. The Morgan fingerprint density at radius 1 is 1.06 bits per heavy atom. The zero-order valence-electron chi connectivity index (χ0n) is 17.2. The molecule has 2 unspecified atom stereocenters. The summed E-state index contributed by atoms with van der Waals surface area (Å²) < 4.78 is 24.6. The van der Waals surface area contributed by atoms with E-state index in [4.69, 9.17) is 9.15 Å². The fourth-order valence-corrected chi connectivity index (χ4v) is 4.44. The Morgan fingerprint density at radius 3 is 2.48 bits per heavy atom. The molecule has 0 spiro atoms. The first-order chi connectivity index (χ1) is 15.1. The zero-order chi connectivity index (χ0) is 21.6. The SMILES string of the molecule is CC(Oc1ccc(F)cc1)c1nnc(SC(C(=O)N2CCCCC2)c2ccccc2)o1. The smallest absolute Gasteiger partial charge is 0.277 e. The van der Waals surface area contributed by atoms with Crippen molar-refractivity contribution in [2.45, 2.75) is 42.8 Å². The number of amides is 1. The van der Waals surface area contributed by atoms with Crippen LogP contribution in [0.4, 0.5) is 4.39 Å². The molecule has 2 aromatic carbocycles. The predicted octanol–water partition coefficient (Wildman–Crippen LogP) is 5.19. The predicted molar refractivity (Wildman–Crippen MR) is 115 cm³/mol. The normalized spacial score (nSPS) is 16.0. The molecular weight excluding hydrogens is 417 g/mol. The van der Waals surface area contributed by atoms with E-state index < -0.39 is 11.4 Å². The Bertz CT molecular complexity index is 991. The van der Waals surface area contributed by atoms with Gasteiger partial charge >= 0.3 is 0 Å². The Labute approximate surface area is 184 Å². The number of hydrogen-bond acceptors (Lipinski definition) is 6. The van der Waals surface area contributed by atoms with Gasteiger partial charge in [0, 0.05) is 13.1 Å². The third-order valence-corrected chi connectivity index (χ3v) is 6.19. The van der Waals surface area contributed by atoms with Crippen molar-refractivity contribution in [3.05, 3.63) is 71.9 Å². The van der Waals surface area contributed by atoms with Gasteiger partial charge in [-0.2, -0.15) is 0 Å². The topological polar surface area (TPSA) is 68.5 Å². The fraction of sp³-hybridized carbons (Fsp3) is 0.348. The van der Waals surface area contributed by atoms with Gasteiger partial charge in [-0.3, -0.25) is 4.79 Å². The highest BCUT2D eigenvalue weighted by atomic mass is 32.2. The van der Waals surface area contributed by atoms with Gasteiger partial charge in [-0.15, -0.1) is 10.2 Å². The molecule has 1 amide bonds. The van der Waals surface area contributed by atoms with Gasteiger partial charge in [0.15, 0.2) is 6.10 Å². The van der Waals surface area contributed by atoms with Gasteiger partial charge in [0.2, 0.25) is 5.91 Å². The van der Waals surface area contributed by atoms with Gasteiger partial charge < -0.3 is 14.1 Å². The third-order valence-electron chi connectivity index (χ3n) is 5.11. The van der Waals surface area contributed by atoms with Crippen molar-refractivity contribution in [1.82, 2.24) is 15.1 Å². The van der Waals surface area contributed by atoms with Crippen molar-refractivity contribution >= 4 is 17.7 Å². The number of ether oxygens (including phenoxy) is 1. The van der Waals surface area contributed by atoms with Crippen LogP contribution in [0.2, 0.25) is 0 Å². The molecule has 1 fully saturated rings. The van der Waals surface area contributed by atoms with E-state index in [1.54, 1.807) is 19.1 Å². The van der Waals surface area contributed by atoms with E-state index in [0.717, 1.165) is 37.9 Å². The molecule has 0 bridgehead atoms. The fourth-order valence-electron chi connectivity index (χ4n) is 3.47. The van der Waals surface area contributed by atoms with Crippen molar-refractivity contribution in [1.29, 1.82) is 0 Å². The van der Waals surface area contributed by atoms with Gasteiger partial charge in [0.1, 0.15) is 16.8 Å². The lowest BCUT2D eigenvalue weighted by molar-refractivity contribution is -0.131. The number of thioether (sulfide) groups is 1. The summed E-state index contributed by atoms with van der Waals surface area (Å²) >= 11 is 1.25. The molecule has 0 radical (unpaired) electrons. The maximum atomic E-state index is 13.3. The number of carbonyl (C=O) groups is 1. The molecule has 1 aromatic heterocycles. The highest BCUT2D eigenvalue weighted by molar-refractivity contribution is 8.00. The van der Waals surface area contributed by atoms with Crippen LogP contribution < -0.4 is 4.74 Å².